The van der Waals surface area contributed by atoms with Gasteiger partial charge in [0.25, 0.3) is 0 Å². The van der Waals surface area contributed by atoms with E-state index in [4.69, 9.17) is 4.74 Å². The Morgan fingerprint density at radius 3 is 2.55 bits per heavy atom. The molecular weight excluding hydrogens is 294 g/mol. The van der Waals surface area contributed by atoms with Gasteiger partial charge in [-0.2, -0.15) is 8.78 Å². The van der Waals surface area contributed by atoms with Gasteiger partial charge in [-0.05, 0) is 39.3 Å². The summed E-state index contributed by atoms with van der Waals surface area (Å²) < 4.78 is 34.0. The van der Waals surface area contributed by atoms with Gasteiger partial charge in [0, 0.05) is 13.1 Å². The molecule has 0 atom stereocenters. The number of benzene rings is 1. The minimum atomic E-state index is -2.86. The van der Waals surface area contributed by atoms with E-state index in [1.165, 1.54) is 6.07 Å². The number of amides is 1. The molecule has 0 aliphatic carbocycles. The Labute approximate surface area is 129 Å². The number of nitrogens with one attached hydrogen (secondary N) is 2. The average Bonchev–Trinajstić information content (AvgIpc) is 2.37. The van der Waals surface area contributed by atoms with Crippen LogP contribution in [-0.4, -0.2) is 31.4 Å². The molecule has 0 saturated heterocycles. The highest BCUT2D eigenvalue weighted by atomic mass is 19.3. The number of alkyl carbamates (subject to hydrolysis) is 1. The second kappa shape index (κ2) is 8.41. The van der Waals surface area contributed by atoms with Gasteiger partial charge >= 0.3 is 12.7 Å². The fourth-order valence-electron chi connectivity index (χ4n) is 1.63. The molecule has 1 aromatic rings. The number of carbonyl (C=O) groups excluding carboxylic acids is 1. The second-order valence-corrected chi connectivity index (χ2v) is 5.58. The fraction of sp³-hybridized carbons (Fsp3) is 0.533. The van der Waals surface area contributed by atoms with Crippen LogP contribution in [0.15, 0.2) is 24.3 Å². The van der Waals surface area contributed by atoms with Crippen molar-refractivity contribution in [2.45, 2.75) is 39.4 Å². The molecule has 0 radical (unpaired) electrons. The summed E-state index contributed by atoms with van der Waals surface area (Å²) in [5, 5.41) is 5.61. The van der Waals surface area contributed by atoms with Crippen molar-refractivity contribution in [3.8, 4) is 5.75 Å². The smallest absolute Gasteiger partial charge is 0.407 e. The number of alkyl halides is 2. The zero-order valence-corrected chi connectivity index (χ0v) is 13.0. The third-order valence-corrected chi connectivity index (χ3v) is 2.44. The predicted octanol–water partition coefficient (Wildman–Crippen LogP) is 3.61. The third kappa shape index (κ3) is 7.66. The summed E-state index contributed by atoms with van der Waals surface area (Å²) in [5.41, 5.74) is -0.0477. The van der Waals surface area contributed by atoms with Gasteiger partial charge in [-0.25, -0.2) is 4.79 Å². The van der Waals surface area contributed by atoms with E-state index in [9.17, 15) is 13.6 Å². The van der Waals surface area contributed by atoms with Crippen LogP contribution in [0.1, 0.15) is 27.2 Å². The van der Waals surface area contributed by atoms with Gasteiger partial charge < -0.3 is 20.1 Å². The normalized spacial score (nSPS) is 11.2. The molecule has 0 spiro atoms. The first-order chi connectivity index (χ1) is 10.3. The van der Waals surface area contributed by atoms with Crippen LogP contribution in [0.25, 0.3) is 0 Å². The van der Waals surface area contributed by atoms with Crippen molar-refractivity contribution in [1.82, 2.24) is 5.32 Å². The number of para-hydroxylation sites is 2. The van der Waals surface area contributed by atoms with Crippen molar-refractivity contribution in [3.05, 3.63) is 24.3 Å². The molecule has 0 heterocycles. The average molecular weight is 316 g/mol. The minimum absolute atomic E-state index is 0.0950. The van der Waals surface area contributed by atoms with Gasteiger partial charge in [0.1, 0.15) is 11.4 Å². The van der Waals surface area contributed by atoms with E-state index in [1.807, 2.05) is 0 Å². The van der Waals surface area contributed by atoms with E-state index in [0.29, 0.717) is 25.2 Å². The lowest BCUT2D eigenvalue weighted by atomic mass is 10.2. The van der Waals surface area contributed by atoms with E-state index < -0.39 is 18.3 Å². The first kappa shape index (κ1) is 18.0. The monoisotopic (exact) mass is 316 g/mol. The van der Waals surface area contributed by atoms with Crippen LogP contribution < -0.4 is 15.4 Å². The number of ether oxygens (including phenoxy) is 2. The summed E-state index contributed by atoms with van der Waals surface area (Å²) in [7, 11) is 0. The van der Waals surface area contributed by atoms with Crippen LogP contribution in [0.4, 0.5) is 19.3 Å². The van der Waals surface area contributed by atoms with Gasteiger partial charge in [-0.3, -0.25) is 0 Å². The Balaban J connectivity index is 2.29. The highest BCUT2D eigenvalue weighted by Crippen LogP contribution is 2.25. The van der Waals surface area contributed by atoms with E-state index in [2.05, 4.69) is 15.4 Å². The first-order valence-electron chi connectivity index (χ1n) is 7.02. The van der Waals surface area contributed by atoms with Crippen LogP contribution in [0.3, 0.4) is 0 Å². The fourth-order valence-corrected chi connectivity index (χ4v) is 1.63. The molecule has 0 unspecified atom stereocenters. The van der Waals surface area contributed by atoms with Crippen LogP contribution >= 0.6 is 0 Å². The number of halogens is 2. The molecule has 0 aliphatic heterocycles. The molecule has 1 aromatic carbocycles. The molecule has 1 rings (SSSR count). The number of hydrogen-bond acceptors (Lipinski definition) is 4. The zero-order chi connectivity index (χ0) is 16.6. The van der Waals surface area contributed by atoms with Crippen molar-refractivity contribution in [3.63, 3.8) is 0 Å². The van der Waals surface area contributed by atoms with Gasteiger partial charge in [-0.1, -0.05) is 12.1 Å². The largest absolute Gasteiger partial charge is 0.444 e. The molecule has 0 fully saturated rings. The maximum absolute atomic E-state index is 12.3. The van der Waals surface area contributed by atoms with Crippen molar-refractivity contribution < 1.29 is 23.0 Å². The lowest BCUT2D eigenvalue weighted by Gasteiger charge is -2.19. The maximum atomic E-state index is 12.3. The Bertz CT molecular complexity index is 476. The number of rotatable bonds is 7. The minimum Gasteiger partial charge on any atom is -0.444 e. The van der Waals surface area contributed by atoms with E-state index >= 15 is 0 Å². The van der Waals surface area contributed by atoms with Crippen LogP contribution in [0, 0.1) is 0 Å². The molecule has 0 saturated carbocycles. The molecular formula is C15H22F2N2O3. The molecule has 5 nitrogen and oxygen atoms in total. The first-order valence-corrected chi connectivity index (χ1v) is 7.02. The third-order valence-electron chi connectivity index (χ3n) is 2.44. The second-order valence-electron chi connectivity index (χ2n) is 5.58. The standard InChI is InChI=1S/C15H22F2N2O3/c1-15(2,3)22-14(20)19-10-6-9-18-11-7-4-5-8-12(11)21-13(16)17/h4-5,7-8,13,18H,6,9-10H2,1-3H3,(H,19,20). The van der Waals surface area contributed by atoms with Gasteiger partial charge in [-0.15, -0.1) is 0 Å². The summed E-state index contributed by atoms with van der Waals surface area (Å²) >= 11 is 0. The van der Waals surface area contributed by atoms with Crippen LogP contribution in [0.5, 0.6) is 5.75 Å². The molecule has 0 bridgehead atoms. The summed E-state index contributed by atoms with van der Waals surface area (Å²) in [6.45, 7) is 3.41. The highest BCUT2D eigenvalue weighted by Gasteiger charge is 2.15. The molecule has 7 heteroatoms. The summed E-state index contributed by atoms with van der Waals surface area (Å²) in [6.07, 6.45) is 0.136. The lowest BCUT2D eigenvalue weighted by Crippen LogP contribution is -2.33. The molecule has 0 aromatic heterocycles. The Kier molecular flexibility index (Phi) is 6.88. The van der Waals surface area contributed by atoms with Crippen LogP contribution in [-0.2, 0) is 4.74 Å². The van der Waals surface area contributed by atoms with Crippen molar-refractivity contribution >= 4 is 11.8 Å². The Hall–Kier alpha value is -2.05. The maximum Gasteiger partial charge on any atom is 0.407 e. The van der Waals surface area contributed by atoms with Crippen molar-refractivity contribution in [2.75, 3.05) is 18.4 Å². The van der Waals surface area contributed by atoms with Gasteiger partial charge in [0.2, 0.25) is 0 Å². The highest BCUT2D eigenvalue weighted by molar-refractivity contribution is 5.67. The Morgan fingerprint density at radius 1 is 1.23 bits per heavy atom. The molecule has 124 valence electrons. The van der Waals surface area contributed by atoms with Crippen LogP contribution in [0.2, 0.25) is 0 Å². The summed E-state index contributed by atoms with van der Waals surface area (Å²) in [6, 6.07) is 6.46. The van der Waals surface area contributed by atoms with Gasteiger partial charge in [0.15, 0.2) is 0 Å². The molecule has 1 amide bonds. The Morgan fingerprint density at radius 2 is 1.91 bits per heavy atom. The van der Waals surface area contributed by atoms with E-state index in [1.54, 1.807) is 39.0 Å². The van der Waals surface area contributed by atoms with E-state index in [0.717, 1.165) is 0 Å². The number of carbonyl (C=O) groups is 1. The number of anilines is 1. The topological polar surface area (TPSA) is 59.6 Å². The van der Waals surface area contributed by atoms with Crippen molar-refractivity contribution in [2.24, 2.45) is 0 Å². The zero-order valence-electron chi connectivity index (χ0n) is 13.0. The predicted molar refractivity (Wildman–Crippen MR) is 80.4 cm³/mol. The SMILES string of the molecule is CC(C)(C)OC(=O)NCCCNc1ccccc1OC(F)F. The summed E-state index contributed by atoms with van der Waals surface area (Å²) in [4.78, 5) is 11.4. The molecule has 2 N–H and O–H groups in total. The molecule has 22 heavy (non-hydrogen) atoms. The lowest BCUT2D eigenvalue weighted by molar-refractivity contribution is -0.0493. The number of hydrogen-bond donors (Lipinski definition) is 2. The van der Waals surface area contributed by atoms with Crippen molar-refractivity contribution in [1.29, 1.82) is 0 Å². The quantitative estimate of drug-likeness (QED) is 0.754. The van der Waals surface area contributed by atoms with Gasteiger partial charge in [0.05, 0.1) is 5.69 Å². The summed E-state index contributed by atoms with van der Waals surface area (Å²) in [5.74, 6) is 0.0950. The van der Waals surface area contributed by atoms with E-state index in [-0.39, 0.29) is 5.75 Å². The molecule has 0 aliphatic rings.